The SMILES string of the molecule is CCOC(=O)C[C@H](C)[C@@H](NC(=O)[C@H](Cc1ccccc1)NC(C)=O)C(N)=O. The Morgan fingerprint density at radius 3 is 2.26 bits per heavy atom. The maximum absolute atomic E-state index is 12.7. The van der Waals surface area contributed by atoms with Crippen LogP contribution in [0.3, 0.4) is 0 Å². The van der Waals surface area contributed by atoms with Crippen molar-refractivity contribution >= 4 is 23.7 Å². The molecule has 0 radical (unpaired) electrons. The van der Waals surface area contributed by atoms with Crippen molar-refractivity contribution in [3.05, 3.63) is 35.9 Å². The van der Waals surface area contributed by atoms with Gasteiger partial charge in [0.15, 0.2) is 0 Å². The summed E-state index contributed by atoms with van der Waals surface area (Å²) < 4.78 is 4.87. The Labute approximate surface area is 158 Å². The number of esters is 1. The lowest BCUT2D eigenvalue weighted by Gasteiger charge is -2.25. The first kappa shape index (κ1) is 22.1. The van der Waals surface area contributed by atoms with Gasteiger partial charge in [0.1, 0.15) is 12.1 Å². The van der Waals surface area contributed by atoms with Crippen LogP contribution in [0.5, 0.6) is 0 Å². The van der Waals surface area contributed by atoms with Gasteiger partial charge >= 0.3 is 5.97 Å². The van der Waals surface area contributed by atoms with E-state index in [1.807, 2.05) is 30.3 Å². The van der Waals surface area contributed by atoms with Crippen molar-refractivity contribution in [3.63, 3.8) is 0 Å². The highest BCUT2D eigenvalue weighted by molar-refractivity contribution is 5.91. The van der Waals surface area contributed by atoms with Crippen molar-refractivity contribution in [2.75, 3.05) is 6.61 Å². The summed E-state index contributed by atoms with van der Waals surface area (Å²) >= 11 is 0. The van der Waals surface area contributed by atoms with Crippen LogP contribution in [0.2, 0.25) is 0 Å². The van der Waals surface area contributed by atoms with Gasteiger partial charge in [0.2, 0.25) is 17.7 Å². The minimum atomic E-state index is -1.06. The monoisotopic (exact) mass is 377 g/mol. The Morgan fingerprint density at radius 2 is 1.74 bits per heavy atom. The average Bonchev–Trinajstić information content (AvgIpc) is 2.59. The third kappa shape index (κ3) is 7.89. The Balaban J connectivity index is 2.86. The Hall–Kier alpha value is -2.90. The number of ether oxygens (including phenoxy) is 1. The lowest BCUT2D eigenvalue weighted by molar-refractivity contribution is -0.145. The molecule has 27 heavy (non-hydrogen) atoms. The zero-order chi connectivity index (χ0) is 20.4. The van der Waals surface area contributed by atoms with Crippen LogP contribution in [0.1, 0.15) is 32.8 Å². The van der Waals surface area contributed by atoms with Gasteiger partial charge in [-0.1, -0.05) is 37.3 Å². The number of amides is 3. The van der Waals surface area contributed by atoms with E-state index < -0.39 is 35.8 Å². The number of carbonyl (C=O) groups is 4. The van der Waals surface area contributed by atoms with Crippen LogP contribution in [0.25, 0.3) is 0 Å². The van der Waals surface area contributed by atoms with Gasteiger partial charge in [-0.3, -0.25) is 19.2 Å². The minimum Gasteiger partial charge on any atom is -0.466 e. The summed E-state index contributed by atoms with van der Waals surface area (Å²) in [5.74, 6) is -2.72. The lowest BCUT2D eigenvalue weighted by atomic mass is 9.96. The molecule has 3 atom stereocenters. The van der Waals surface area contributed by atoms with Crippen molar-refractivity contribution in [2.45, 2.75) is 45.7 Å². The van der Waals surface area contributed by atoms with E-state index in [1.165, 1.54) is 6.92 Å². The van der Waals surface area contributed by atoms with Crippen LogP contribution in [-0.2, 0) is 30.3 Å². The number of hydrogen-bond donors (Lipinski definition) is 3. The number of hydrogen-bond acceptors (Lipinski definition) is 5. The zero-order valence-electron chi connectivity index (χ0n) is 15.9. The summed E-state index contributed by atoms with van der Waals surface area (Å²) in [6, 6.07) is 7.22. The summed E-state index contributed by atoms with van der Waals surface area (Å²) in [4.78, 5) is 47.6. The summed E-state index contributed by atoms with van der Waals surface area (Å²) in [6.07, 6.45) is 0.190. The van der Waals surface area contributed by atoms with Gasteiger partial charge in [-0.15, -0.1) is 0 Å². The van der Waals surface area contributed by atoms with E-state index >= 15 is 0 Å². The molecule has 0 aliphatic heterocycles. The molecule has 4 N–H and O–H groups in total. The number of nitrogens with two attached hydrogens (primary N) is 1. The van der Waals surface area contributed by atoms with Crippen LogP contribution in [0.4, 0.5) is 0 Å². The van der Waals surface area contributed by atoms with Crippen molar-refractivity contribution in [3.8, 4) is 0 Å². The van der Waals surface area contributed by atoms with Gasteiger partial charge in [-0.2, -0.15) is 0 Å². The standard InChI is InChI=1S/C19H27N3O5/c1-4-27-16(24)10-12(2)17(18(20)25)22-19(26)15(21-13(3)23)11-14-8-6-5-7-9-14/h5-9,12,15,17H,4,10-11H2,1-3H3,(H2,20,25)(H,21,23)(H,22,26)/t12-,15-,17+/m0/s1. The fraction of sp³-hybridized carbons (Fsp3) is 0.474. The molecule has 1 rings (SSSR count). The molecular formula is C19H27N3O5. The molecule has 0 bridgehead atoms. The van der Waals surface area contributed by atoms with Crippen molar-refractivity contribution in [1.29, 1.82) is 0 Å². The number of primary amides is 1. The third-order valence-electron chi connectivity index (χ3n) is 3.94. The van der Waals surface area contributed by atoms with Gasteiger partial charge in [-0.05, 0) is 18.4 Å². The summed E-state index contributed by atoms with van der Waals surface area (Å²) in [7, 11) is 0. The second-order valence-electron chi connectivity index (χ2n) is 6.32. The minimum absolute atomic E-state index is 0.0643. The van der Waals surface area contributed by atoms with E-state index in [-0.39, 0.29) is 25.4 Å². The highest BCUT2D eigenvalue weighted by Gasteiger charge is 2.30. The molecule has 0 fully saturated rings. The molecule has 0 saturated carbocycles. The molecule has 1 aromatic rings. The first-order chi connectivity index (χ1) is 12.7. The maximum Gasteiger partial charge on any atom is 0.306 e. The second-order valence-corrected chi connectivity index (χ2v) is 6.32. The van der Waals surface area contributed by atoms with Crippen LogP contribution < -0.4 is 16.4 Å². The van der Waals surface area contributed by atoms with Gasteiger partial charge in [0.05, 0.1) is 13.0 Å². The summed E-state index contributed by atoms with van der Waals surface area (Å²) in [5, 5.41) is 5.13. The molecule has 148 valence electrons. The first-order valence-electron chi connectivity index (χ1n) is 8.80. The molecule has 3 amide bonds. The molecule has 8 nitrogen and oxygen atoms in total. The second kappa shape index (κ2) is 10.9. The molecule has 0 unspecified atom stereocenters. The van der Waals surface area contributed by atoms with Gasteiger partial charge in [0, 0.05) is 13.3 Å². The number of rotatable bonds is 10. The predicted octanol–water partition coefficient (Wildman–Crippen LogP) is 0.293. The first-order valence-corrected chi connectivity index (χ1v) is 8.80. The fourth-order valence-electron chi connectivity index (χ4n) is 2.65. The smallest absolute Gasteiger partial charge is 0.306 e. The molecule has 0 spiro atoms. The highest BCUT2D eigenvalue weighted by Crippen LogP contribution is 2.11. The van der Waals surface area contributed by atoms with Gasteiger partial charge in [-0.25, -0.2) is 0 Å². The van der Waals surface area contributed by atoms with Crippen LogP contribution in [0.15, 0.2) is 30.3 Å². The summed E-state index contributed by atoms with van der Waals surface area (Å²) in [5.41, 5.74) is 6.25. The average molecular weight is 377 g/mol. The predicted molar refractivity (Wildman–Crippen MR) is 99.3 cm³/mol. The largest absolute Gasteiger partial charge is 0.466 e. The Kier molecular flexibility index (Phi) is 8.98. The zero-order valence-corrected chi connectivity index (χ0v) is 15.9. The maximum atomic E-state index is 12.7. The topological polar surface area (TPSA) is 128 Å². The molecule has 0 aromatic heterocycles. The quantitative estimate of drug-likeness (QED) is 0.505. The highest BCUT2D eigenvalue weighted by atomic mass is 16.5. The lowest BCUT2D eigenvalue weighted by Crippen LogP contribution is -2.55. The Bertz CT molecular complexity index is 663. The van der Waals surface area contributed by atoms with E-state index in [4.69, 9.17) is 10.5 Å². The van der Waals surface area contributed by atoms with Crippen molar-refractivity contribution < 1.29 is 23.9 Å². The van der Waals surface area contributed by atoms with E-state index in [2.05, 4.69) is 10.6 Å². The Morgan fingerprint density at radius 1 is 1.11 bits per heavy atom. The van der Waals surface area contributed by atoms with E-state index in [0.717, 1.165) is 5.56 Å². The van der Waals surface area contributed by atoms with Crippen LogP contribution in [-0.4, -0.2) is 42.4 Å². The van der Waals surface area contributed by atoms with Gasteiger partial charge in [0.25, 0.3) is 0 Å². The normalized spacial score (nSPS) is 13.7. The number of carbonyl (C=O) groups excluding carboxylic acids is 4. The van der Waals surface area contributed by atoms with E-state index in [0.29, 0.717) is 0 Å². The van der Waals surface area contributed by atoms with Crippen LogP contribution >= 0.6 is 0 Å². The van der Waals surface area contributed by atoms with E-state index in [9.17, 15) is 19.2 Å². The van der Waals surface area contributed by atoms with Crippen molar-refractivity contribution in [1.82, 2.24) is 10.6 Å². The number of benzene rings is 1. The van der Waals surface area contributed by atoms with E-state index in [1.54, 1.807) is 13.8 Å². The summed E-state index contributed by atoms with van der Waals surface area (Å²) in [6.45, 7) is 4.83. The molecule has 0 aliphatic rings. The molecular weight excluding hydrogens is 350 g/mol. The molecule has 0 aliphatic carbocycles. The molecule has 0 saturated heterocycles. The molecule has 0 heterocycles. The van der Waals surface area contributed by atoms with Crippen LogP contribution in [0, 0.1) is 5.92 Å². The van der Waals surface area contributed by atoms with Gasteiger partial charge < -0.3 is 21.1 Å². The fourth-order valence-corrected chi connectivity index (χ4v) is 2.65. The molecule has 8 heteroatoms. The van der Waals surface area contributed by atoms with Crippen molar-refractivity contribution in [2.24, 2.45) is 11.7 Å². The third-order valence-corrected chi connectivity index (χ3v) is 3.94. The molecule has 1 aromatic carbocycles. The number of nitrogens with one attached hydrogen (secondary N) is 2.